The second-order valence-corrected chi connectivity index (χ2v) is 7.52. The SMILES string of the molecule is Nc1nc2c(c(=O)[nH]1)n(Cc1ccccc1)c[n+]2C/C=C\CP(=O)(O)O. The lowest BCUT2D eigenvalue weighted by molar-refractivity contribution is -0.663. The van der Waals surface area contributed by atoms with E-state index in [1.165, 1.54) is 6.08 Å². The monoisotopic (exact) mass is 376 g/mol. The van der Waals surface area contributed by atoms with E-state index in [1.54, 1.807) is 21.5 Å². The summed E-state index contributed by atoms with van der Waals surface area (Å²) in [5, 5.41) is 0. The predicted molar refractivity (Wildman–Crippen MR) is 96.6 cm³/mol. The summed E-state index contributed by atoms with van der Waals surface area (Å²) in [7, 11) is -4.08. The zero-order chi connectivity index (χ0) is 18.7. The summed E-state index contributed by atoms with van der Waals surface area (Å²) in [5.74, 6) is 0.00732. The highest BCUT2D eigenvalue weighted by atomic mass is 31.2. The molecule has 0 spiro atoms. The first-order chi connectivity index (χ1) is 12.3. The number of H-pyrrole nitrogens is 1. The third-order valence-corrected chi connectivity index (χ3v) is 4.43. The van der Waals surface area contributed by atoms with Gasteiger partial charge in [-0.05, 0) is 5.56 Å². The minimum Gasteiger partial charge on any atom is -0.355 e. The Bertz CT molecular complexity index is 1050. The number of imidazole rings is 1. The lowest BCUT2D eigenvalue weighted by atomic mass is 10.2. The summed E-state index contributed by atoms with van der Waals surface area (Å²) < 4.78 is 14.4. The fourth-order valence-corrected chi connectivity index (χ4v) is 3.07. The molecule has 2 aromatic heterocycles. The third-order valence-electron chi connectivity index (χ3n) is 3.74. The Labute approximate surface area is 148 Å². The molecule has 5 N–H and O–H groups in total. The summed E-state index contributed by atoms with van der Waals surface area (Å²) in [4.78, 5) is 36.9. The number of fused-ring (bicyclic) bond motifs is 1. The lowest BCUT2D eigenvalue weighted by Gasteiger charge is -1.99. The second-order valence-electron chi connectivity index (χ2n) is 5.82. The van der Waals surface area contributed by atoms with Crippen LogP contribution < -0.4 is 15.9 Å². The van der Waals surface area contributed by atoms with E-state index in [2.05, 4.69) is 9.97 Å². The summed E-state index contributed by atoms with van der Waals surface area (Å²) in [6, 6.07) is 9.66. The molecule has 9 nitrogen and oxygen atoms in total. The first-order valence-electron chi connectivity index (χ1n) is 7.85. The molecule has 0 amide bonds. The third kappa shape index (κ3) is 4.26. The largest absolute Gasteiger partial charge is 0.355 e. The summed E-state index contributed by atoms with van der Waals surface area (Å²) in [6.45, 7) is 0.777. The van der Waals surface area contributed by atoms with Crippen molar-refractivity contribution in [1.29, 1.82) is 0 Å². The molecule has 0 fully saturated rings. The van der Waals surface area contributed by atoms with Gasteiger partial charge in [0.15, 0.2) is 6.33 Å². The van der Waals surface area contributed by atoms with E-state index in [-0.39, 0.29) is 17.7 Å². The summed E-state index contributed by atoms with van der Waals surface area (Å²) >= 11 is 0. The number of aromatic amines is 1. The quantitative estimate of drug-likeness (QED) is 0.279. The fraction of sp³-hybridized carbons (Fsp3) is 0.188. The zero-order valence-corrected chi connectivity index (χ0v) is 14.7. The Hall–Kier alpha value is -2.74. The molecule has 0 atom stereocenters. The van der Waals surface area contributed by atoms with Gasteiger partial charge in [-0.15, -0.1) is 0 Å². The number of hydrogen-bond acceptors (Lipinski definition) is 4. The van der Waals surface area contributed by atoms with Crippen molar-refractivity contribution >= 4 is 24.7 Å². The Morgan fingerprint density at radius 1 is 1.27 bits per heavy atom. The number of nitrogens with two attached hydrogens (primary N) is 1. The molecule has 0 aliphatic heterocycles. The molecule has 0 saturated heterocycles. The minimum atomic E-state index is -4.08. The molecule has 10 heteroatoms. The van der Waals surface area contributed by atoms with Crippen LogP contribution in [0.1, 0.15) is 5.56 Å². The standard InChI is InChI=1S/C16H18N5O4P/c17-16-18-14-13(15(22)19-16)21(10-12-6-2-1-3-7-12)11-20(14)8-4-5-9-26(23,24)25/h1-7,11H,8-10H2,(H4-,17,18,19,22,23,24,25)/p+1/b5-4-. The number of rotatable bonds is 6. The van der Waals surface area contributed by atoms with Crippen LogP contribution in [0.15, 0.2) is 53.6 Å². The van der Waals surface area contributed by atoms with Crippen LogP contribution in [-0.2, 0) is 17.7 Å². The van der Waals surface area contributed by atoms with Gasteiger partial charge >= 0.3 is 13.2 Å². The molecule has 26 heavy (non-hydrogen) atoms. The van der Waals surface area contributed by atoms with Crippen LogP contribution in [0.3, 0.4) is 0 Å². The Kier molecular flexibility index (Phi) is 5.03. The highest BCUT2D eigenvalue weighted by Crippen LogP contribution is 2.33. The van der Waals surface area contributed by atoms with Crippen molar-refractivity contribution in [2.75, 3.05) is 11.9 Å². The molecule has 1 aromatic carbocycles. The number of hydrogen-bond donors (Lipinski definition) is 4. The number of anilines is 1. The molecule has 0 aliphatic rings. The average molecular weight is 376 g/mol. The Balaban J connectivity index is 1.98. The zero-order valence-electron chi connectivity index (χ0n) is 13.8. The van der Waals surface area contributed by atoms with E-state index in [0.29, 0.717) is 24.3 Å². The van der Waals surface area contributed by atoms with Gasteiger partial charge in [0.05, 0.1) is 19.3 Å². The minimum absolute atomic E-state index is 0.00732. The smallest absolute Gasteiger partial charge is 0.329 e. The number of benzene rings is 1. The van der Waals surface area contributed by atoms with Crippen LogP contribution in [0.5, 0.6) is 0 Å². The van der Waals surface area contributed by atoms with Crippen molar-refractivity contribution in [3.8, 4) is 0 Å². The van der Waals surface area contributed by atoms with Crippen molar-refractivity contribution < 1.29 is 18.9 Å². The van der Waals surface area contributed by atoms with Crippen molar-refractivity contribution in [3.05, 3.63) is 64.7 Å². The molecule has 0 bridgehead atoms. The van der Waals surface area contributed by atoms with E-state index in [0.717, 1.165) is 5.56 Å². The van der Waals surface area contributed by atoms with Crippen LogP contribution in [0.4, 0.5) is 5.95 Å². The van der Waals surface area contributed by atoms with Crippen LogP contribution in [0.2, 0.25) is 0 Å². The molecular weight excluding hydrogens is 357 g/mol. The molecule has 0 aliphatic carbocycles. The van der Waals surface area contributed by atoms with Crippen LogP contribution in [-0.4, -0.2) is 30.5 Å². The van der Waals surface area contributed by atoms with Gasteiger partial charge in [-0.2, -0.15) is 0 Å². The highest BCUT2D eigenvalue weighted by molar-refractivity contribution is 7.51. The Morgan fingerprint density at radius 2 is 2.00 bits per heavy atom. The lowest BCUT2D eigenvalue weighted by Crippen LogP contribution is -2.32. The number of allylic oxidation sites excluding steroid dienone is 2. The first kappa shape index (κ1) is 18.1. The van der Waals surface area contributed by atoms with Crippen LogP contribution in [0.25, 0.3) is 11.2 Å². The van der Waals surface area contributed by atoms with Gasteiger partial charge in [0, 0.05) is 0 Å². The molecular formula is C16H19N5O4P+. The predicted octanol–water partition coefficient (Wildman–Crippen LogP) is 0.376. The summed E-state index contributed by atoms with van der Waals surface area (Å²) in [6.07, 6.45) is 4.42. The van der Waals surface area contributed by atoms with Crippen molar-refractivity contribution in [3.63, 3.8) is 0 Å². The van der Waals surface area contributed by atoms with Crippen LogP contribution in [0, 0.1) is 0 Å². The molecule has 2 heterocycles. The molecule has 136 valence electrons. The van der Waals surface area contributed by atoms with Gasteiger partial charge in [-0.1, -0.05) is 47.5 Å². The van der Waals surface area contributed by atoms with E-state index in [9.17, 15) is 9.36 Å². The van der Waals surface area contributed by atoms with Crippen LogP contribution >= 0.6 is 7.60 Å². The van der Waals surface area contributed by atoms with Crippen molar-refractivity contribution in [1.82, 2.24) is 14.5 Å². The Morgan fingerprint density at radius 3 is 2.69 bits per heavy atom. The summed E-state index contributed by atoms with van der Waals surface area (Å²) in [5.41, 5.74) is 7.12. The van der Waals surface area contributed by atoms with Crippen molar-refractivity contribution in [2.24, 2.45) is 0 Å². The van der Waals surface area contributed by atoms with E-state index in [4.69, 9.17) is 15.5 Å². The van der Waals surface area contributed by atoms with Gasteiger partial charge in [-0.3, -0.25) is 18.9 Å². The molecule has 0 saturated carbocycles. The number of nitrogen functional groups attached to an aromatic ring is 1. The van der Waals surface area contributed by atoms with Gasteiger partial charge in [-0.25, -0.2) is 4.57 Å². The molecule has 3 rings (SSSR count). The first-order valence-corrected chi connectivity index (χ1v) is 9.65. The molecule has 0 unspecified atom stereocenters. The number of aromatic nitrogens is 4. The molecule has 0 radical (unpaired) electrons. The van der Waals surface area contributed by atoms with E-state index in [1.807, 2.05) is 30.3 Å². The second kappa shape index (κ2) is 7.25. The highest BCUT2D eigenvalue weighted by Gasteiger charge is 2.21. The fourth-order valence-electron chi connectivity index (χ4n) is 2.65. The van der Waals surface area contributed by atoms with Gasteiger partial charge in [0.1, 0.15) is 0 Å². The van der Waals surface area contributed by atoms with Gasteiger partial charge in [0.25, 0.3) is 11.5 Å². The van der Waals surface area contributed by atoms with Crippen molar-refractivity contribution in [2.45, 2.75) is 13.1 Å². The van der Waals surface area contributed by atoms with Gasteiger partial charge < -0.3 is 15.5 Å². The van der Waals surface area contributed by atoms with E-state index >= 15 is 0 Å². The van der Waals surface area contributed by atoms with E-state index < -0.39 is 7.60 Å². The maximum absolute atomic E-state index is 12.4. The topological polar surface area (TPSA) is 138 Å². The average Bonchev–Trinajstić information content (AvgIpc) is 2.89. The number of nitrogens with one attached hydrogen (secondary N) is 1. The molecule has 3 aromatic rings. The van der Waals surface area contributed by atoms with Gasteiger partial charge in [0.2, 0.25) is 5.52 Å². The maximum Gasteiger partial charge on any atom is 0.329 e. The number of nitrogens with zero attached hydrogens (tertiary/aromatic N) is 3. The maximum atomic E-state index is 12.4. The normalized spacial score (nSPS) is 12.2.